The molecule has 0 fully saturated rings. The smallest absolute Gasteiger partial charge is 0.130 e. The first kappa shape index (κ1) is 69.2. The molecule has 3 aromatic rings. The van der Waals surface area contributed by atoms with Crippen molar-refractivity contribution in [2.24, 2.45) is 5.73 Å². The zero-order chi connectivity index (χ0) is 37.2. The fourth-order valence-corrected chi connectivity index (χ4v) is 3.49. The molecule has 0 aliphatic rings. The summed E-state index contributed by atoms with van der Waals surface area (Å²) in [6.45, 7) is 16.3. The Morgan fingerprint density at radius 3 is 1.19 bits per heavy atom. The van der Waals surface area contributed by atoms with Gasteiger partial charge in [0.25, 0.3) is 0 Å². The molecule has 0 saturated carbocycles. The van der Waals surface area contributed by atoms with E-state index in [-0.39, 0.29) is 90.9 Å². The number of carbonyl (C=O) groups excluding carboxylic acids is 5. The van der Waals surface area contributed by atoms with Crippen molar-refractivity contribution in [2.75, 3.05) is 18.0 Å². The number of benzene rings is 3. The minimum Gasteiger partial charge on any atom is -0.340 e. The maximum atomic E-state index is 10.8. The van der Waals surface area contributed by atoms with E-state index < -0.39 is 0 Å². The number of alkyl halides is 1. The minimum atomic E-state index is -0.0833. The van der Waals surface area contributed by atoms with Crippen molar-refractivity contribution in [3.63, 3.8) is 0 Å². The number of rotatable bonds is 13. The van der Waals surface area contributed by atoms with E-state index in [1.165, 1.54) is 23.6 Å². The van der Waals surface area contributed by atoms with Gasteiger partial charge >= 0.3 is 0 Å². The van der Waals surface area contributed by atoms with Crippen LogP contribution in [0.5, 0.6) is 0 Å². The van der Waals surface area contributed by atoms with Crippen molar-refractivity contribution < 1.29 is 75.2 Å². The predicted octanol–water partition coefficient (Wildman–Crippen LogP) is 9.33. The van der Waals surface area contributed by atoms with Gasteiger partial charge in [-0.2, -0.15) is 0 Å². The Morgan fingerprint density at radius 2 is 0.925 bits per heavy atom. The zero-order valence-electron chi connectivity index (χ0n) is 31.2. The molecule has 0 saturated heterocycles. The van der Waals surface area contributed by atoms with E-state index in [0.717, 1.165) is 61.7 Å². The van der Waals surface area contributed by atoms with Crippen LogP contribution in [0.15, 0.2) is 72.8 Å². The molecular weight excluding hydrogens is 891 g/mol. The zero-order valence-corrected chi connectivity index (χ0v) is 37.6. The fourth-order valence-electron chi connectivity index (χ4n) is 3.49. The molecule has 3 rings (SSSR count). The average Bonchev–Trinajstić information content (AvgIpc) is 3.06. The summed E-state index contributed by atoms with van der Waals surface area (Å²) in [7, 11) is 0. The molecule has 0 heterocycles. The molecule has 0 aliphatic heterocycles. The minimum absolute atomic E-state index is 0. The topological polar surface area (TPSA) is 123 Å². The molecule has 7 nitrogen and oxygen atoms in total. The third kappa shape index (κ3) is 50.2. The normalized spacial score (nSPS) is 8.17. The quantitative estimate of drug-likeness (QED) is 0.0758. The number of aldehydes is 2. The monoisotopic (exact) mass is 961 g/mol. The summed E-state index contributed by atoms with van der Waals surface area (Å²) in [5, 5.41) is 3.28. The molecule has 2 radical (unpaired) electrons. The summed E-state index contributed by atoms with van der Waals surface area (Å²) < 4.78 is 0. The Bertz CT molecular complexity index is 1250. The Labute approximate surface area is 375 Å². The van der Waals surface area contributed by atoms with Crippen LogP contribution < -0.4 is 11.1 Å². The van der Waals surface area contributed by atoms with Gasteiger partial charge in [0.05, 0.1) is 0 Å². The summed E-state index contributed by atoms with van der Waals surface area (Å²) >= 11 is 2.15. The van der Waals surface area contributed by atoms with Gasteiger partial charge in [-0.1, -0.05) is 137 Å². The van der Waals surface area contributed by atoms with E-state index in [0.29, 0.717) is 25.7 Å². The van der Waals surface area contributed by atoms with Crippen LogP contribution in [0.3, 0.4) is 0 Å². The number of hydrogen-bond donors (Lipinski definition) is 2. The first-order valence-corrected chi connectivity index (χ1v) is 18.3. The molecule has 0 unspecified atom stereocenters. The molecule has 0 amide bonds. The number of halogens is 1. The molecule has 0 aromatic heterocycles. The number of nitrogens with one attached hydrogen (secondary N) is 1. The summed E-state index contributed by atoms with van der Waals surface area (Å²) in [6, 6.07) is 24.3. The van der Waals surface area contributed by atoms with Gasteiger partial charge in [0.2, 0.25) is 0 Å². The van der Waals surface area contributed by atoms with Crippen molar-refractivity contribution >= 4 is 52.5 Å². The van der Waals surface area contributed by atoms with Crippen LogP contribution in [0, 0.1) is 13.8 Å². The van der Waals surface area contributed by atoms with E-state index in [9.17, 15) is 24.0 Å². The summed E-state index contributed by atoms with van der Waals surface area (Å²) in [5.41, 5.74) is 11.9. The van der Waals surface area contributed by atoms with E-state index in [4.69, 9.17) is 5.73 Å². The second-order valence-electron chi connectivity index (χ2n) is 10.7. The molecule has 3 aromatic carbocycles. The van der Waals surface area contributed by atoms with Crippen LogP contribution >= 0.6 is 22.6 Å². The third-order valence-electron chi connectivity index (χ3n) is 5.92. The van der Waals surface area contributed by atoms with E-state index in [1.807, 2.05) is 67.3 Å². The summed E-state index contributed by atoms with van der Waals surface area (Å²) in [5.74, 6) is 0.383. The SMILES string of the molecule is C.C.C.CC(=O)CCc1ccc(CC=O)cc1.CCN.CCNCc1ccc(CCC(C)=O)cc1.CI.Cc1ccc(CC=O)cc1.[CH2-]C(C)=O.[V].[Y]. The third-order valence-corrected chi connectivity index (χ3v) is 5.92. The van der Waals surface area contributed by atoms with Crippen LogP contribution in [0.1, 0.15) is 103 Å². The molecule has 0 spiro atoms. The van der Waals surface area contributed by atoms with Gasteiger partial charge in [0.15, 0.2) is 0 Å². The Hall–Kier alpha value is -1.78. The Kier molecular flexibility index (Phi) is 65.5. The van der Waals surface area contributed by atoms with Gasteiger partial charge in [-0.25, -0.2) is 0 Å². The predicted molar refractivity (Wildman–Crippen MR) is 230 cm³/mol. The van der Waals surface area contributed by atoms with Gasteiger partial charge < -0.3 is 41.9 Å². The number of ketones is 3. The summed E-state index contributed by atoms with van der Waals surface area (Å²) in [4.78, 5) is 53.1. The van der Waals surface area contributed by atoms with Crippen LogP contribution in [-0.4, -0.2) is 47.9 Å². The van der Waals surface area contributed by atoms with Crippen molar-refractivity contribution in [3.05, 3.63) is 113 Å². The van der Waals surface area contributed by atoms with Crippen LogP contribution in [0.4, 0.5) is 0 Å². The van der Waals surface area contributed by atoms with Gasteiger partial charge in [0, 0.05) is 83.5 Å². The Balaban J connectivity index is -0.0000000830. The van der Waals surface area contributed by atoms with Crippen molar-refractivity contribution in [2.45, 2.75) is 109 Å². The second-order valence-corrected chi connectivity index (χ2v) is 10.7. The summed E-state index contributed by atoms with van der Waals surface area (Å²) in [6.07, 6.45) is 5.69. The molecule has 0 atom stereocenters. The number of nitrogens with two attached hydrogens (primary N) is 1. The van der Waals surface area contributed by atoms with Gasteiger partial charge in [0.1, 0.15) is 24.1 Å². The molecule has 298 valence electrons. The molecule has 0 bridgehead atoms. The first-order valence-electron chi connectivity index (χ1n) is 16.1. The number of carbonyl (C=O) groups is 5. The van der Waals surface area contributed by atoms with E-state index in [2.05, 4.69) is 66.0 Å². The van der Waals surface area contributed by atoms with Gasteiger partial charge in [-0.05, 0) is 92.2 Å². The Morgan fingerprint density at radius 1 is 0.660 bits per heavy atom. The fraction of sp³-hybridized carbons (Fsp3) is 0.442. The number of Topliss-reactive ketones (excluding diaryl/α,β-unsaturated/α-hetero) is 3. The number of aryl methyl sites for hydroxylation is 3. The molecule has 3 N–H and O–H groups in total. The van der Waals surface area contributed by atoms with Gasteiger partial charge in [-0.3, -0.25) is 0 Å². The number of hydrogen-bond acceptors (Lipinski definition) is 7. The van der Waals surface area contributed by atoms with E-state index >= 15 is 0 Å². The second kappa shape index (κ2) is 50.2. The van der Waals surface area contributed by atoms with Crippen LogP contribution in [-0.2, 0) is 107 Å². The van der Waals surface area contributed by atoms with Crippen LogP contribution in [0.25, 0.3) is 0 Å². The van der Waals surface area contributed by atoms with Crippen molar-refractivity contribution in [3.8, 4) is 0 Å². The standard InChI is InChI=1S/C13H19NO.C12H14O2.C9H10O.C3H5O.C2H7N.CH3I.3CH4.V.Y/c1-3-14-10-13-8-6-12(7-9-13)5-4-11(2)15;1-10(14)2-3-11-4-6-12(7-5-11)8-9-13;1-8-2-4-9(5-3-8)6-7-10;1-3(2)4;1-2-3;1-2;;;;;/h6-9,14H,3-5,10H2,1-2H3;4-7,9H,2-3,8H2,1H3;2-5,7H,6H2,1H3;1H2,2H3;2-3H2,1H3;1H3;3*1H4;;/q;;;-1;;;;;;;. The maximum absolute atomic E-state index is 10.8. The maximum Gasteiger partial charge on any atom is 0.130 e. The first-order chi connectivity index (χ1) is 22.9. The largest absolute Gasteiger partial charge is 0.340 e. The molecule has 53 heavy (non-hydrogen) atoms. The average molecular weight is 962 g/mol. The van der Waals surface area contributed by atoms with Crippen molar-refractivity contribution in [1.29, 1.82) is 0 Å². The van der Waals surface area contributed by atoms with Gasteiger partial charge in [-0.15, -0.1) is 0 Å². The molecular formula is C43H70IN2O5VY-. The molecule has 10 heteroatoms. The van der Waals surface area contributed by atoms with Crippen LogP contribution in [0.2, 0.25) is 0 Å². The van der Waals surface area contributed by atoms with Crippen molar-refractivity contribution in [1.82, 2.24) is 5.32 Å². The van der Waals surface area contributed by atoms with E-state index in [1.54, 1.807) is 13.8 Å². The molecule has 0 aliphatic carbocycles.